The molecule has 0 bridgehead atoms. The number of hydrogen-bond acceptors (Lipinski definition) is 3. The van der Waals surface area contributed by atoms with E-state index in [2.05, 4.69) is 230 Å². The zero-order chi connectivity index (χ0) is 49.0. The van der Waals surface area contributed by atoms with Crippen LogP contribution in [0.1, 0.15) is 87.5 Å². The number of allylic oxidation sites excluding steroid dienone is 2. The van der Waals surface area contributed by atoms with Gasteiger partial charge in [-0.3, -0.25) is 0 Å². The summed E-state index contributed by atoms with van der Waals surface area (Å²) in [4.78, 5) is 5.13. The van der Waals surface area contributed by atoms with Crippen LogP contribution in [0.4, 0.5) is 34.1 Å². The molecule has 0 amide bonds. The van der Waals surface area contributed by atoms with Crippen LogP contribution in [-0.2, 0) is 10.8 Å². The summed E-state index contributed by atoms with van der Waals surface area (Å²) in [6, 6.07) is 51.7. The molecule has 4 heterocycles. The summed E-state index contributed by atoms with van der Waals surface area (Å²) in [6.07, 6.45) is 8.31. The first kappa shape index (κ1) is 44.7. The van der Waals surface area contributed by atoms with E-state index in [1.807, 2.05) is 30.4 Å². The molecule has 0 unspecified atom stereocenters. The van der Waals surface area contributed by atoms with Gasteiger partial charge in [-0.05, 0) is 136 Å². The van der Waals surface area contributed by atoms with Crippen molar-refractivity contribution < 1.29 is 4.42 Å². The quantitative estimate of drug-likeness (QED) is 0.149. The van der Waals surface area contributed by atoms with Crippen molar-refractivity contribution in [2.24, 2.45) is 0 Å². The molecule has 344 valence electrons. The molecule has 4 nitrogen and oxygen atoms in total. The van der Waals surface area contributed by atoms with Crippen LogP contribution < -0.4 is 36.8 Å². The van der Waals surface area contributed by atoms with Crippen molar-refractivity contribution in [1.29, 1.82) is 0 Å². The van der Waals surface area contributed by atoms with Crippen LogP contribution >= 0.6 is 0 Å². The SMILES string of the molecule is C=C/C(c1ccc(N2c3cc4c(cc3B3c5cc(C(C)(C)C)ccc5N(c5c(C)cccc5C)c5cc(C(C)(C)C)cc2c53)c(/C=C\C)c(C=C)n4-c2ccccc2)cc1)=c1/oc2ccccc2c1=C. The van der Waals surface area contributed by atoms with Gasteiger partial charge in [0.15, 0.2) is 0 Å². The molecule has 0 saturated carbocycles. The minimum atomic E-state index is -0.168. The average Bonchev–Trinajstić information content (AvgIpc) is 3.84. The Hall–Kier alpha value is -7.76. The molecule has 0 atom stereocenters. The molecule has 11 rings (SSSR count). The van der Waals surface area contributed by atoms with Gasteiger partial charge < -0.3 is 18.8 Å². The summed E-state index contributed by atoms with van der Waals surface area (Å²) in [5, 5.41) is 3.06. The van der Waals surface area contributed by atoms with Crippen molar-refractivity contribution in [2.45, 2.75) is 73.1 Å². The Morgan fingerprint density at radius 2 is 1.27 bits per heavy atom. The van der Waals surface area contributed by atoms with Crippen molar-refractivity contribution in [3.05, 3.63) is 215 Å². The van der Waals surface area contributed by atoms with Crippen LogP contribution in [0.5, 0.6) is 0 Å². The van der Waals surface area contributed by atoms with Crippen LogP contribution in [-0.4, -0.2) is 11.3 Å². The highest BCUT2D eigenvalue weighted by molar-refractivity contribution is 7.00. The van der Waals surface area contributed by atoms with Gasteiger partial charge in [-0.1, -0.05) is 164 Å². The van der Waals surface area contributed by atoms with Crippen molar-refractivity contribution in [2.75, 3.05) is 9.80 Å². The predicted molar refractivity (Wildman–Crippen MR) is 303 cm³/mol. The highest BCUT2D eigenvalue weighted by Gasteiger charge is 2.45. The van der Waals surface area contributed by atoms with Crippen LogP contribution in [0.15, 0.2) is 169 Å². The number of furan rings is 1. The lowest BCUT2D eigenvalue weighted by Gasteiger charge is -2.46. The van der Waals surface area contributed by atoms with Gasteiger partial charge in [0.25, 0.3) is 6.71 Å². The molecule has 0 radical (unpaired) electrons. The first-order valence-electron chi connectivity index (χ1n) is 24.6. The van der Waals surface area contributed by atoms with Crippen molar-refractivity contribution >= 4 is 103 Å². The third-order valence-corrected chi connectivity index (χ3v) is 14.8. The molecule has 0 N–H and O–H groups in total. The molecule has 0 spiro atoms. The third-order valence-electron chi connectivity index (χ3n) is 14.8. The smallest absolute Gasteiger partial charge is 0.252 e. The van der Waals surface area contributed by atoms with Gasteiger partial charge in [-0.25, -0.2) is 0 Å². The largest absolute Gasteiger partial charge is 0.455 e. The lowest BCUT2D eigenvalue weighted by molar-refractivity contribution is 0.573. The van der Waals surface area contributed by atoms with E-state index in [0.29, 0.717) is 0 Å². The number of para-hydroxylation sites is 3. The van der Waals surface area contributed by atoms with E-state index in [4.69, 9.17) is 4.42 Å². The topological polar surface area (TPSA) is 24.6 Å². The molecule has 2 aliphatic rings. The lowest BCUT2D eigenvalue weighted by atomic mass is 9.33. The van der Waals surface area contributed by atoms with Gasteiger partial charge in [-0.2, -0.15) is 0 Å². The molecule has 2 aliphatic heterocycles. The maximum atomic E-state index is 6.48. The zero-order valence-electron chi connectivity index (χ0n) is 42.0. The minimum Gasteiger partial charge on any atom is -0.455 e. The van der Waals surface area contributed by atoms with Gasteiger partial charge in [0.2, 0.25) is 0 Å². The number of hydrogen-bond donors (Lipinski definition) is 0. The van der Waals surface area contributed by atoms with E-state index in [1.54, 1.807) is 0 Å². The number of rotatable bonds is 7. The molecular formula is C65H60BN3O. The number of fused-ring (bicyclic) bond motifs is 6. The third kappa shape index (κ3) is 6.89. The molecule has 9 aromatic rings. The van der Waals surface area contributed by atoms with Crippen LogP contribution in [0.25, 0.3) is 51.9 Å². The number of anilines is 6. The minimum absolute atomic E-state index is 0.0734. The standard InChI is InChI=1S/C65H60BN3O/c1-13-22-50-51-38-53-57(39-56(51)67(54(50)15-3)46-25-17-16-18-26-46)68(47-32-29-43(30-33-47)48(14-2)63-42(6)49-27-19-20-28-60(49)70-63)58-36-45(65(10,11)12)37-59-61(58)66(53)52-35-44(64(7,8)9)31-34-55(52)69(59)62-40(4)23-21-24-41(62)5/h13-39H,2-3,6H2,1,4-5,7-12H3/b22-13-,63-48-. The normalized spacial score (nSPS) is 13.8. The second-order valence-corrected chi connectivity index (χ2v) is 21.2. The van der Waals surface area contributed by atoms with E-state index in [0.717, 1.165) is 66.6 Å². The Morgan fingerprint density at radius 3 is 1.91 bits per heavy atom. The summed E-state index contributed by atoms with van der Waals surface area (Å²) in [5.41, 5.74) is 23.6. The highest BCUT2D eigenvalue weighted by Crippen LogP contribution is 2.49. The fourth-order valence-electron chi connectivity index (χ4n) is 11.2. The Kier molecular flexibility index (Phi) is 10.5. The van der Waals surface area contributed by atoms with E-state index in [9.17, 15) is 0 Å². The van der Waals surface area contributed by atoms with Crippen molar-refractivity contribution in [3.63, 3.8) is 0 Å². The van der Waals surface area contributed by atoms with Gasteiger partial charge >= 0.3 is 0 Å². The van der Waals surface area contributed by atoms with E-state index >= 15 is 0 Å². The van der Waals surface area contributed by atoms with E-state index in [1.165, 1.54) is 66.8 Å². The van der Waals surface area contributed by atoms with Gasteiger partial charge in [0, 0.05) is 61.3 Å². The second-order valence-electron chi connectivity index (χ2n) is 21.2. The van der Waals surface area contributed by atoms with Gasteiger partial charge in [-0.15, -0.1) is 0 Å². The molecule has 0 saturated heterocycles. The maximum Gasteiger partial charge on any atom is 0.252 e. The van der Waals surface area contributed by atoms with Crippen LogP contribution in [0.2, 0.25) is 0 Å². The Bertz CT molecular complexity index is 3760. The predicted octanol–water partition coefficient (Wildman–Crippen LogP) is 14.1. The Balaban J connectivity index is 1.28. The summed E-state index contributed by atoms with van der Waals surface area (Å²) in [7, 11) is 0. The summed E-state index contributed by atoms with van der Waals surface area (Å²) >= 11 is 0. The zero-order valence-corrected chi connectivity index (χ0v) is 42.0. The number of benzene rings is 7. The fraction of sp³-hybridized carbons (Fsp3) is 0.169. The highest BCUT2D eigenvalue weighted by atomic mass is 16.3. The fourth-order valence-corrected chi connectivity index (χ4v) is 11.2. The Labute approximate surface area is 413 Å². The van der Waals surface area contributed by atoms with E-state index in [-0.39, 0.29) is 17.5 Å². The summed E-state index contributed by atoms with van der Waals surface area (Å²) in [5.74, 6) is 0. The summed E-state index contributed by atoms with van der Waals surface area (Å²) < 4.78 is 8.87. The molecular weight excluding hydrogens is 850 g/mol. The average molecular weight is 910 g/mol. The van der Waals surface area contributed by atoms with Crippen molar-refractivity contribution in [3.8, 4) is 5.69 Å². The molecule has 5 heteroatoms. The monoisotopic (exact) mass is 909 g/mol. The molecule has 0 aliphatic carbocycles. The molecule has 7 aromatic carbocycles. The van der Waals surface area contributed by atoms with Gasteiger partial charge in [0.1, 0.15) is 11.0 Å². The van der Waals surface area contributed by atoms with Crippen LogP contribution in [0.3, 0.4) is 0 Å². The second kappa shape index (κ2) is 16.4. The Morgan fingerprint density at radius 1 is 0.614 bits per heavy atom. The molecule has 2 aromatic heterocycles. The number of aryl methyl sites for hydroxylation is 2. The molecule has 70 heavy (non-hydrogen) atoms. The first-order valence-corrected chi connectivity index (χ1v) is 24.6. The summed E-state index contributed by atoms with van der Waals surface area (Å²) in [6.45, 7) is 33.7. The maximum absolute atomic E-state index is 6.48. The lowest BCUT2D eigenvalue weighted by Crippen LogP contribution is -2.61. The first-order chi connectivity index (χ1) is 33.6. The van der Waals surface area contributed by atoms with Crippen molar-refractivity contribution in [1.82, 2.24) is 4.57 Å². The van der Waals surface area contributed by atoms with Crippen LogP contribution in [0, 0.1) is 13.8 Å². The van der Waals surface area contributed by atoms with E-state index < -0.39 is 0 Å². The number of nitrogens with zero attached hydrogens (tertiary/aromatic N) is 3. The number of aromatic nitrogens is 1. The van der Waals surface area contributed by atoms with Gasteiger partial charge in [0.05, 0.1) is 16.9 Å². The molecule has 0 fully saturated rings.